The highest BCUT2D eigenvalue weighted by molar-refractivity contribution is 5.53. The molecule has 0 bridgehead atoms. The van der Waals surface area contributed by atoms with Crippen molar-refractivity contribution in [3.63, 3.8) is 0 Å². The molecule has 0 heterocycles. The van der Waals surface area contributed by atoms with Crippen LogP contribution in [0.25, 0.3) is 6.08 Å². The fourth-order valence-electron chi connectivity index (χ4n) is 1.97. The molecule has 0 fully saturated rings. The van der Waals surface area contributed by atoms with Gasteiger partial charge in [-0.2, -0.15) is 0 Å². The standard InChI is InChI=1S/C18H19NO3/c1-13(2)7-8-15-5-4-6-17(12-15)22-18-10-9-16(19(20)21)11-14(18)3/h4-13H,1-3H3/b8-7+. The van der Waals surface area contributed by atoms with Crippen LogP contribution < -0.4 is 4.74 Å². The summed E-state index contributed by atoms with van der Waals surface area (Å²) < 4.78 is 5.83. The fraction of sp³-hybridized carbons (Fsp3) is 0.222. The van der Waals surface area contributed by atoms with Crippen molar-refractivity contribution in [2.75, 3.05) is 0 Å². The van der Waals surface area contributed by atoms with E-state index in [0.29, 0.717) is 17.4 Å². The Kier molecular flexibility index (Phi) is 4.94. The molecule has 0 aliphatic rings. The van der Waals surface area contributed by atoms with Crippen LogP contribution in [0.3, 0.4) is 0 Å². The Morgan fingerprint density at radius 2 is 1.95 bits per heavy atom. The zero-order valence-electron chi connectivity index (χ0n) is 12.9. The van der Waals surface area contributed by atoms with Gasteiger partial charge in [-0.25, -0.2) is 0 Å². The van der Waals surface area contributed by atoms with E-state index in [-0.39, 0.29) is 5.69 Å². The number of non-ortho nitro benzene ring substituents is 1. The minimum Gasteiger partial charge on any atom is -0.457 e. The average Bonchev–Trinajstić information content (AvgIpc) is 2.47. The summed E-state index contributed by atoms with van der Waals surface area (Å²) in [6, 6.07) is 12.3. The molecular formula is C18H19NO3. The monoisotopic (exact) mass is 297 g/mol. The molecule has 0 atom stereocenters. The molecule has 0 aliphatic carbocycles. The van der Waals surface area contributed by atoms with Crippen LogP contribution in [0.2, 0.25) is 0 Å². The Hall–Kier alpha value is -2.62. The number of hydrogen-bond donors (Lipinski definition) is 0. The average molecular weight is 297 g/mol. The largest absolute Gasteiger partial charge is 0.457 e. The lowest BCUT2D eigenvalue weighted by atomic mass is 10.1. The number of nitrogens with zero attached hydrogens (tertiary/aromatic N) is 1. The molecule has 0 spiro atoms. The number of rotatable bonds is 5. The molecule has 4 heteroatoms. The van der Waals surface area contributed by atoms with Gasteiger partial charge in [-0.05, 0) is 42.2 Å². The van der Waals surface area contributed by atoms with Crippen molar-refractivity contribution in [2.45, 2.75) is 20.8 Å². The molecule has 2 rings (SSSR count). The van der Waals surface area contributed by atoms with Crippen LogP contribution in [0, 0.1) is 23.0 Å². The molecule has 0 saturated heterocycles. The van der Waals surface area contributed by atoms with Gasteiger partial charge in [-0.1, -0.05) is 38.1 Å². The minimum absolute atomic E-state index is 0.0680. The number of hydrogen-bond acceptors (Lipinski definition) is 3. The van der Waals surface area contributed by atoms with E-state index in [9.17, 15) is 10.1 Å². The van der Waals surface area contributed by atoms with Gasteiger partial charge in [0.15, 0.2) is 0 Å². The van der Waals surface area contributed by atoms with Gasteiger partial charge in [0.05, 0.1) is 4.92 Å². The van der Waals surface area contributed by atoms with E-state index in [1.54, 1.807) is 13.0 Å². The Morgan fingerprint density at radius 1 is 1.18 bits per heavy atom. The number of ether oxygens (including phenoxy) is 1. The van der Waals surface area contributed by atoms with Crippen molar-refractivity contribution in [2.24, 2.45) is 5.92 Å². The zero-order chi connectivity index (χ0) is 16.1. The third kappa shape index (κ3) is 4.19. The van der Waals surface area contributed by atoms with Gasteiger partial charge in [0.25, 0.3) is 5.69 Å². The third-order valence-electron chi connectivity index (χ3n) is 3.13. The van der Waals surface area contributed by atoms with E-state index < -0.39 is 4.92 Å². The molecular weight excluding hydrogens is 278 g/mol. The Morgan fingerprint density at radius 3 is 2.59 bits per heavy atom. The van der Waals surface area contributed by atoms with Crippen molar-refractivity contribution in [1.82, 2.24) is 0 Å². The highest BCUT2D eigenvalue weighted by atomic mass is 16.6. The van der Waals surface area contributed by atoms with Gasteiger partial charge in [0.2, 0.25) is 0 Å². The third-order valence-corrected chi connectivity index (χ3v) is 3.13. The number of aryl methyl sites for hydroxylation is 1. The van der Waals surface area contributed by atoms with E-state index >= 15 is 0 Å². The van der Waals surface area contributed by atoms with Crippen molar-refractivity contribution in [1.29, 1.82) is 0 Å². The second-order valence-corrected chi connectivity index (χ2v) is 5.48. The molecule has 22 heavy (non-hydrogen) atoms. The Balaban J connectivity index is 2.20. The summed E-state index contributed by atoms with van der Waals surface area (Å²) in [7, 11) is 0. The first-order valence-corrected chi connectivity index (χ1v) is 7.17. The van der Waals surface area contributed by atoms with Crippen LogP contribution >= 0.6 is 0 Å². The maximum atomic E-state index is 10.8. The molecule has 114 valence electrons. The maximum absolute atomic E-state index is 10.8. The molecule has 0 N–H and O–H groups in total. The molecule has 0 aromatic heterocycles. The van der Waals surface area contributed by atoms with Crippen LogP contribution in [0.5, 0.6) is 11.5 Å². The second-order valence-electron chi connectivity index (χ2n) is 5.48. The van der Waals surface area contributed by atoms with Gasteiger partial charge >= 0.3 is 0 Å². The van der Waals surface area contributed by atoms with Gasteiger partial charge in [-0.15, -0.1) is 0 Å². The molecule has 0 aliphatic heterocycles. The zero-order valence-corrected chi connectivity index (χ0v) is 12.9. The number of allylic oxidation sites excluding steroid dienone is 1. The topological polar surface area (TPSA) is 52.4 Å². The first-order chi connectivity index (χ1) is 10.5. The summed E-state index contributed by atoms with van der Waals surface area (Å²) in [5, 5.41) is 10.8. The van der Waals surface area contributed by atoms with Gasteiger partial charge in [-0.3, -0.25) is 10.1 Å². The van der Waals surface area contributed by atoms with Crippen LogP contribution in [0.4, 0.5) is 5.69 Å². The van der Waals surface area contributed by atoms with Crippen molar-refractivity contribution < 1.29 is 9.66 Å². The Labute approximate surface area is 130 Å². The lowest BCUT2D eigenvalue weighted by molar-refractivity contribution is -0.384. The van der Waals surface area contributed by atoms with Gasteiger partial charge in [0, 0.05) is 12.1 Å². The number of benzene rings is 2. The van der Waals surface area contributed by atoms with Crippen LogP contribution in [0.15, 0.2) is 48.5 Å². The lowest BCUT2D eigenvalue weighted by Gasteiger charge is -2.09. The van der Waals surface area contributed by atoms with E-state index in [1.165, 1.54) is 12.1 Å². The molecule has 0 amide bonds. The normalized spacial score (nSPS) is 11.1. The van der Waals surface area contributed by atoms with Gasteiger partial charge < -0.3 is 4.74 Å². The summed E-state index contributed by atoms with van der Waals surface area (Å²) in [6.07, 6.45) is 4.18. The SMILES string of the molecule is Cc1cc([N+](=O)[O-])ccc1Oc1cccc(/C=C/C(C)C)c1. The molecule has 2 aromatic rings. The highest BCUT2D eigenvalue weighted by Crippen LogP contribution is 2.28. The summed E-state index contributed by atoms with van der Waals surface area (Å²) in [4.78, 5) is 10.3. The minimum atomic E-state index is -0.409. The molecule has 0 saturated carbocycles. The summed E-state index contributed by atoms with van der Waals surface area (Å²) in [5.74, 6) is 1.82. The van der Waals surface area contributed by atoms with Gasteiger partial charge in [0.1, 0.15) is 11.5 Å². The predicted molar refractivity (Wildman–Crippen MR) is 88.2 cm³/mol. The predicted octanol–water partition coefficient (Wildman–Crippen LogP) is 5.36. The molecule has 4 nitrogen and oxygen atoms in total. The number of nitro groups is 1. The fourth-order valence-corrected chi connectivity index (χ4v) is 1.97. The van der Waals surface area contributed by atoms with E-state index in [1.807, 2.05) is 24.3 Å². The highest BCUT2D eigenvalue weighted by Gasteiger charge is 2.09. The van der Waals surface area contributed by atoms with E-state index in [0.717, 1.165) is 11.1 Å². The molecule has 0 unspecified atom stereocenters. The van der Waals surface area contributed by atoms with Crippen LogP contribution in [0.1, 0.15) is 25.0 Å². The Bertz CT molecular complexity index is 705. The first kappa shape index (κ1) is 15.8. The van der Waals surface area contributed by atoms with Crippen molar-refractivity contribution >= 4 is 11.8 Å². The maximum Gasteiger partial charge on any atom is 0.269 e. The quantitative estimate of drug-likeness (QED) is 0.551. The first-order valence-electron chi connectivity index (χ1n) is 7.17. The van der Waals surface area contributed by atoms with Crippen LogP contribution in [-0.2, 0) is 0 Å². The molecule has 0 radical (unpaired) electrons. The second kappa shape index (κ2) is 6.89. The summed E-state index contributed by atoms with van der Waals surface area (Å²) in [5.41, 5.74) is 1.86. The van der Waals surface area contributed by atoms with Crippen LogP contribution in [-0.4, -0.2) is 4.92 Å². The number of nitro benzene ring substituents is 1. The summed E-state index contributed by atoms with van der Waals surface area (Å²) >= 11 is 0. The van der Waals surface area contributed by atoms with E-state index in [4.69, 9.17) is 4.74 Å². The lowest BCUT2D eigenvalue weighted by Crippen LogP contribution is -1.92. The van der Waals surface area contributed by atoms with Crippen molar-refractivity contribution in [3.05, 3.63) is 69.8 Å². The van der Waals surface area contributed by atoms with Crippen molar-refractivity contribution in [3.8, 4) is 11.5 Å². The smallest absolute Gasteiger partial charge is 0.269 e. The summed E-state index contributed by atoms with van der Waals surface area (Å²) in [6.45, 7) is 6.04. The molecule has 2 aromatic carbocycles. The van der Waals surface area contributed by atoms with E-state index in [2.05, 4.69) is 26.0 Å².